The highest BCUT2D eigenvalue weighted by molar-refractivity contribution is 5.10. The summed E-state index contributed by atoms with van der Waals surface area (Å²) in [6.45, 7) is 5.15. The largest absolute Gasteiger partial charge is 0.0619 e. The van der Waals surface area contributed by atoms with Crippen molar-refractivity contribution >= 4 is 0 Å². The van der Waals surface area contributed by atoms with Gasteiger partial charge in [0.25, 0.3) is 0 Å². The molecular formula is C16H26. The van der Waals surface area contributed by atoms with Crippen LogP contribution in [0.4, 0.5) is 0 Å². The third-order valence-corrected chi connectivity index (χ3v) is 6.82. The first-order valence-corrected chi connectivity index (χ1v) is 7.71. The highest BCUT2D eigenvalue weighted by Crippen LogP contribution is 2.69. The van der Waals surface area contributed by atoms with Gasteiger partial charge in [0.1, 0.15) is 0 Å². The van der Waals surface area contributed by atoms with Gasteiger partial charge in [0.15, 0.2) is 0 Å². The summed E-state index contributed by atoms with van der Waals surface area (Å²) in [4.78, 5) is 0. The summed E-state index contributed by atoms with van der Waals surface area (Å²) in [5, 5.41) is 0. The molecule has 0 amide bonds. The fourth-order valence-corrected chi connectivity index (χ4v) is 5.27. The SMILES string of the molecule is CC1CC1(CC1CC1)C(C)C1CCC2CC21. The van der Waals surface area contributed by atoms with E-state index in [0.717, 1.165) is 29.1 Å². The van der Waals surface area contributed by atoms with Crippen molar-refractivity contribution < 1.29 is 0 Å². The topological polar surface area (TPSA) is 0 Å². The van der Waals surface area contributed by atoms with Crippen molar-refractivity contribution in [1.29, 1.82) is 0 Å². The van der Waals surface area contributed by atoms with E-state index in [-0.39, 0.29) is 0 Å². The molecule has 4 fully saturated rings. The quantitative estimate of drug-likeness (QED) is 0.652. The second-order valence-corrected chi connectivity index (χ2v) is 7.68. The second-order valence-electron chi connectivity index (χ2n) is 7.68. The van der Waals surface area contributed by atoms with Gasteiger partial charge in [0.2, 0.25) is 0 Å². The van der Waals surface area contributed by atoms with E-state index in [1.165, 1.54) is 11.8 Å². The Balaban J connectivity index is 1.49. The molecule has 4 aliphatic carbocycles. The molecule has 4 saturated carbocycles. The van der Waals surface area contributed by atoms with E-state index in [4.69, 9.17) is 0 Å². The smallest absolute Gasteiger partial charge is 0.0238 e. The minimum Gasteiger partial charge on any atom is -0.0619 e. The lowest BCUT2D eigenvalue weighted by atomic mass is 9.74. The maximum Gasteiger partial charge on any atom is -0.0238 e. The monoisotopic (exact) mass is 218 g/mol. The van der Waals surface area contributed by atoms with Crippen LogP contribution < -0.4 is 0 Å². The average Bonchev–Trinajstić information content (AvgIpc) is 3.18. The standard InChI is InChI=1S/C16H26/c1-10-8-16(10,9-12-3-4-12)11(2)14-6-5-13-7-15(13)14/h10-15H,3-9H2,1-2H3. The van der Waals surface area contributed by atoms with Crippen LogP contribution in [0.2, 0.25) is 0 Å². The summed E-state index contributed by atoms with van der Waals surface area (Å²) in [6, 6.07) is 0. The Morgan fingerprint density at radius 1 is 1.19 bits per heavy atom. The molecule has 0 aromatic rings. The zero-order valence-electron chi connectivity index (χ0n) is 10.9. The Morgan fingerprint density at radius 2 is 1.94 bits per heavy atom. The number of hydrogen-bond donors (Lipinski definition) is 0. The highest BCUT2D eigenvalue weighted by Gasteiger charge is 2.61. The van der Waals surface area contributed by atoms with E-state index < -0.39 is 0 Å². The Hall–Kier alpha value is 0. The first-order valence-electron chi connectivity index (χ1n) is 7.71. The van der Waals surface area contributed by atoms with Crippen molar-refractivity contribution in [2.45, 2.75) is 58.8 Å². The second kappa shape index (κ2) is 3.06. The Labute approximate surface area is 100 Å². The third-order valence-electron chi connectivity index (χ3n) is 6.82. The summed E-state index contributed by atoms with van der Waals surface area (Å²) in [6.07, 6.45) is 11.0. The van der Waals surface area contributed by atoms with Crippen LogP contribution in [0.25, 0.3) is 0 Å². The molecule has 0 bridgehead atoms. The normalized spacial score (nSPS) is 55.9. The van der Waals surface area contributed by atoms with Crippen LogP contribution in [0, 0.1) is 40.9 Å². The fraction of sp³-hybridized carbons (Fsp3) is 1.00. The van der Waals surface area contributed by atoms with Gasteiger partial charge < -0.3 is 0 Å². The van der Waals surface area contributed by atoms with Gasteiger partial charge >= 0.3 is 0 Å². The summed E-state index contributed by atoms with van der Waals surface area (Å²) in [7, 11) is 0. The van der Waals surface area contributed by atoms with E-state index in [1.807, 2.05) is 0 Å². The molecule has 0 radical (unpaired) electrons. The molecule has 6 atom stereocenters. The summed E-state index contributed by atoms with van der Waals surface area (Å²) in [5.41, 5.74) is 0.823. The van der Waals surface area contributed by atoms with Gasteiger partial charge in [-0.15, -0.1) is 0 Å². The molecule has 6 unspecified atom stereocenters. The molecule has 0 aromatic heterocycles. The summed E-state index contributed by atoms with van der Waals surface area (Å²) >= 11 is 0. The lowest BCUT2D eigenvalue weighted by Gasteiger charge is -2.31. The summed E-state index contributed by atoms with van der Waals surface area (Å²) < 4.78 is 0. The van der Waals surface area contributed by atoms with E-state index in [1.54, 1.807) is 44.9 Å². The van der Waals surface area contributed by atoms with E-state index in [9.17, 15) is 0 Å². The van der Waals surface area contributed by atoms with Crippen LogP contribution in [0.15, 0.2) is 0 Å². The molecule has 4 aliphatic rings. The third kappa shape index (κ3) is 1.34. The van der Waals surface area contributed by atoms with Crippen LogP contribution >= 0.6 is 0 Å². The van der Waals surface area contributed by atoms with Crippen molar-refractivity contribution in [2.24, 2.45) is 40.9 Å². The molecule has 0 heteroatoms. The minimum atomic E-state index is 0.823. The fourth-order valence-electron chi connectivity index (χ4n) is 5.27. The number of rotatable bonds is 4. The maximum absolute atomic E-state index is 2.62. The first-order chi connectivity index (χ1) is 7.71. The van der Waals surface area contributed by atoms with Crippen molar-refractivity contribution in [1.82, 2.24) is 0 Å². The number of fused-ring (bicyclic) bond motifs is 1. The van der Waals surface area contributed by atoms with Gasteiger partial charge in [0, 0.05) is 0 Å². The van der Waals surface area contributed by atoms with Crippen molar-refractivity contribution in [3.05, 3.63) is 0 Å². The zero-order chi connectivity index (χ0) is 10.9. The molecule has 0 saturated heterocycles. The molecular weight excluding hydrogens is 192 g/mol. The van der Waals surface area contributed by atoms with Gasteiger partial charge in [-0.3, -0.25) is 0 Å². The van der Waals surface area contributed by atoms with Crippen LogP contribution in [-0.2, 0) is 0 Å². The predicted molar refractivity (Wildman–Crippen MR) is 67.0 cm³/mol. The molecule has 90 valence electrons. The summed E-state index contributed by atoms with van der Waals surface area (Å²) in [5.74, 6) is 6.75. The van der Waals surface area contributed by atoms with Crippen molar-refractivity contribution in [3.8, 4) is 0 Å². The lowest BCUT2D eigenvalue weighted by Crippen LogP contribution is -2.24. The van der Waals surface area contributed by atoms with Gasteiger partial charge in [-0.25, -0.2) is 0 Å². The molecule has 0 N–H and O–H groups in total. The van der Waals surface area contributed by atoms with Gasteiger partial charge in [-0.1, -0.05) is 26.7 Å². The van der Waals surface area contributed by atoms with Gasteiger partial charge in [0.05, 0.1) is 0 Å². The Kier molecular flexibility index (Phi) is 1.91. The van der Waals surface area contributed by atoms with Gasteiger partial charge in [-0.05, 0) is 73.0 Å². The van der Waals surface area contributed by atoms with Crippen molar-refractivity contribution in [3.63, 3.8) is 0 Å². The predicted octanol–water partition coefficient (Wildman–Crippen LogP) is 4.49. The van der Waals surface area contributed by atoms with Crippen LogP contribution in [0.1, 0.15) is 58.8 Å². The Bertz CT molecular complexity index is 303. The first kappa shape index (κ1) is 9.97. The molecule has 0 aliphatic heterocycles. The molecule has 0 nitrogen and oxygen atoms in total. The highest BCUT2D eigenvalue weighted by atomic mass is 14.7. The minimum absolute atomic E-state index is 0.823. The molecule has 0 spiro atoms. The maximum atomic E-state index is 2.62. The van der Waals surface area contributed by atoms with E-state index >= 15 is 0 Å². The molecule has 16 heavy (non-hydrogen) atoms. The van der Waals surface area contributed by atoms with Crippen LogP contribution in [0.5, 0.6) is 0 Å². The lowest BCUT2D eigenvalue weighted by molar-refractivity contribution is 0.175. The molecule has 0 aromatic carbocycles. The number of hydrogen-bond acceptors (Lipinski definition) is 0. The Morgan fingerprint density at radius 3 is 2.38 bits per heavy atom. The molecule has 0 heterocycles. The average molecular weight is 218 g/mol. The van der Waals surface area contributed by atoms with E-state index in [0.29, 0.717) is 0 Å². The van der Waals surface area contributed by atoms with Gasteiger partial charge in [-0.2, -0.15) is 0 Å². The van der Waals surface area contributed by atoms with Crippen LogP contribution in [-0.4, -0.2) is 0 Å². The van der Waals surface area contributed by atoms with E-state index in [2.05, 4.69) is 13.8 Å². The zero-order valence-corrected chi connectivity index (χ0v) is 10.9. The van der Waals surface area contributed by atoms with Crippen LogP contribution in [0.3, 0.4) is 0 Å². The van der Waals surface area contributed by atoms with Crippen molar-refractivity contribution in [2.75, 3.05) is 0 Å². The molecule has 4 rings (SSSR count).